The van der Waals surface area contributed by atoms with Crippen LogP contribution in [-0.4, -0.2) is 37.3 Å². The lowest BCUT2D eigenvalue weighted by Gasteiger charge is -2.55. The topological polar surface area (TPSA) is 76.7 Å². The van der Waals surface area contributed by atoms with Gasteiger partial charge in [0.2, 0.25) is 5.91 Å². The first-order valence-corrected chi connectivity index (χ1v) is 10.1. The van der Waals surface area contributed by atoms with E-state index in [0.29, 0.717) is 37.5 Å². The minimum Gasteiger partial charge on any atom is -0.467 e. The van der Waals surface area contributed by atoms with E-state index in [1.807, 2.05) is 25.1 Å². The van der Waals surface area contributed by atoms with Crippen molar-refractivity contribution in [1.82, 2.24) is 10.6 Å². The summed E-state index contributed by atoms with van der Waals surface area (Å²) in [7, 11) is 0. The van der Waals surface area contributed by atoms with Crippen molar-refractivity contribution in [2.24, 2.45) is 17.8 Å². The number of hydrogen-bond donors (Lipinski definition) is 2. The lowest BCUT2D eigenvalue weighted by molar-refractivity contribution is -0.146. The summed E-state index contributed by atoms with van der Waals surface area (Å²) in [5.41, 5.74) is -0.0618. The van der Waals surface area contributed by atoms with Gasteiger partial charge in [-0.15, -0.1) is 0 Å². The Labute approximate surface area is 160 Å². The van der Waals surface area contributed by atoms with E-state index >= 15 is 0 Å². The van der Waals surface area contributed by atoms with Crippen LogP contribution in [0.5, 0.6) is 5.75 Å². The van der Waals surface area contributed by atoms with E-state index < -0.39 is 5.72 Å². The molecule has 5 rings (SSSR count). The Hall–Kier alpha value is -2.08. The maximum absolute atomic E-state index is 12.7. The molecule has 1 aliphatic heterocycles. The lowest BCUT2D eigenvalue weighted by Crippen LogP contribution is -2.66. The molecule has 1 aromatic rings. The molecule has 0 saturated heterocycles. The predicted octanol–water partition coefficient (Wildman–Crippen LogP) is 2.48. The van der Waals surface area contributed by atoms with Crippen molar-refractivity contribution >= 4 is 11.8 Å². The van der Waals surface area contributed by atoms with Crippen LogP contribution in [0.15, 0.2) is 24.3 Å². The average molecular weight is 372 g/mol. The summed E-state index contributed by atoms with van der Waals surface area (Å²) in [6.07, 6.45) is 4.31. The second kappa shape index (κ2) is 7.50. The molecule has 0 aromatic heterocycles. The SMILES string of the molecule is CCOCCCNC(=O)[C@@H]1C[C@@H]2CC[C@@H]1C[C@@]21NC(=O)c2ccccc2O1. The predicted molar refractivity (Wildman–Crippen MR) is 100 cm³/mol. The molecule has 1 aromatic carbocycles. The number of carbonyl (C=O) groups is 2. The molecule has 3 fully saturated rings. The number of nitrogens with one attached hydrogen (secondary N) is 2. The van der Waals surface area contributed by atoms with Crippen molar-refractivity contribution in [3.05, 3.63) is 29.8 Å². The first kappa shape index (κ1) is 18.3. The van der Waals surface area contributed by atoms with Crippen molar-refractivity contribution in [3.8, 4) is 5.75 Å². The van der Waals surface area contributed by atoms with Gasteiger partial charge < -0.3 is 20.1 Å². The first-order chi connectivity index (χ1) is 13.1. The van der Waals surface area contributed by atoms with E-state index in [-0.39, 0.29) is 29.6 Å². The molecule has 2 amide bonds. The van der Waals surface area contributed by atoms with Gasteiger partial charge in [-0.05, 0) is 50.7 Å². The monoisotopic (exact) mass is 372 g/mol. The summed E-state index contributed by atoms with van der Waals surface area (Å²) >= 11 is 0. The molecule has 2 bridgehead atoms. The highest BCUT2D eigenvalue weighted by Crippen LogP contribution is 2.52. The van der Waals surface area contributed by atoms with Crippen LogP contribution in [0.25, 0.3) is 0 Å². The molecule has 6 heteroatoms. The fourth-order valence-electron chi connectivity index (χ4n) is 4.94. The molecule has 2 N–H and O–H groups in total. The van der Waals surface area contributed by atoms with Gasteiger partial charge in [0.05, 0.1) is 5.56 Å². The number of amides is 2. The van der Waals surface area contributed by atoms with Crippen LogP contribution in [0, 0.1) is 17.8 Å². The maximum atomic E-state index is 12.7. The van der Waals surface area contributed by atoms with Crippen LogP contribution in [-0.2, 0) is 9.53 Å². The molecule has 4 atom stereocenters. The molecule has 146 valence electrons. The number of rotatable bonds is 6. The van der Waals surface area contributed by atoms with E-state index in [9.17, 15) is 9.59 Å². The van der Waals surface area contributed by atoms with Gasteiger partial charge in [-0.3, -0.25) is 9.59 Å². The second-order valence-electron chi connectivity index (χ2n) is 7.86. The van der Waals surface area contributed by atoms with Crippen LogP contribution in [0.3, 0.4) is 0 Å². The van der Waals surface area contributed by atoms with E-state index in [0.717, 1.165) is 25.7 Å². The first-order valence-electron chi connectivity index (χ1n) is 10.1. The minimum atomic E-state index is -0.653. The highest BCUT2D eigenvalue weighted by atomic mass is 16.5. The van der Waals surface area contributed by atoms with Crippen molar-refractivity contribution in [3.63, 3.8) is 0 Å². The van der Waals surface area contributed by atoms with E-state index in [1.165, 1.54) is 0 Å². The van der Waals surface area contributed by atoms with Gasteiger partial charge in [0.25, 0.3) is 5.91 Å². The molecular weight excluding hydrogens is 344 g/mol. The normalized spacial score (nSPS) is 31.1. The van der Waals surface area contributed by atoms with Crippen molar-refractivity contribution < 1.29 is 19.1 Å². The summed E-state index contributed by atoms with van der Waals surface area (Å²) in [5.74, 6) is 1.15. The van der Waals surface area contributed by atoms with Gasteiger partial charge in [-0.25, -0.2) is 0 Å². The third kappa shape index (κ3) is 3.43. The lowest BCUT2D eigenvalue weighted by atomic mass is 9.60. The number of ether oxygens (including phenoxy) is 2. The largest absolute Gasteiger partial charge is 0.467 e. The van der Waals surface area contributed by atoms with Gasteiger partial charge in [-0.1, -0.05) is 12.1 Å². The fourth-order valence-corrected chi connectivity index (χ4v) is 4.94. The van der Waals surface area contributed by atoms with Gasteiger partial charge in [0.1, 0.15) is 5.75 Å². The summed E-state index contributed by atoms with van der Waals surface area (Å²) in [4.78, 5) is 25.3. The molecular formula is C21H28N2O4. The minimum absolute atomic E-state index is 0.0131. The van der Waals surface area contributed by atoms with Gasteiger partial charge in [-0.2, -0.15) is 0 Å². The zero-order valence-electron chi connectivity index (χ0n) is 15.8. The summed E-state index contributed by atoms with van der Waals surface area (Å²) in [5, 5.41) is 6.20. The van der Waals surface area contributed by atoms with Crippen LogP contribution in [0.4, 0.5) is 0 Å². The molecule has 1 spiro atoms. The Balaban J connectivity index is 1.41. The van der Waals surface area contributed by atoms with Crippen LogP contribution in [0.1, 0.15) is 49.4 Å². The molecule has 0 radical (unpaired) electrons. The standard InChI is InChI=1S/C21H28N2O4/c1-2-26-11-5-10-22-19(24)17-12-15-9-8-14(17)13-21(15)23-20(25)16-6-3-4-7-18(16)27-21/h3-4,6-7,14-15,17H,2,5,8-13H2,1H3,(H,22,24)(H,23,25)/t14-,15+,17-,21+/m1/s1. The maximum Gasteiger partial charge on any atom is 0.258 e. The Kier molecular flexibility index (Phi) is 5.08. The molecule has 4 aliphatic rings. The zero-order chi connectivity index (χ0) is 18.9. The second-order valence-corrected chi connectivity index (χ2v) is 7.86. The third-order valence-corrected chi connectivity index (χ3v) is 6.27. The average Bonchev–Trinajstić information content (AvgIpc) is 2.68. The zero-order valence-corrected chi connectivity index (χ0v) is 15.8. The third-order valence-electron chi connectivity index (χ3n) is 6.27. The van der Waals surface area contributed by atoms with E-state index in [4.69, 9.17) is 9.47 Å². The Bertz CT molecular complexity index is 722. The van der Waals surface area contributed by atoms with Crippen LogP contribution >= 0.6 is 0 Å². The Morgan fingerprint density at radius 3 is 3.00 bits per heavy atom. The quantitative estimate of drug-likeness (QED) is 0.752. The smallest absolute Gasteiger partial charge is 0.258 e. The number of hydrogen-bond acceptors (Lipinski definition) is 4. The van der Waals surface area contributed by atoms with Gasteiger partial charge in [0.15, 0.2) is 5.72 Å². The Morgan fingerprint density at radius 2 is 2.22 bits per heavy atom. The highest BCUT2D eigenvalue weighted by molar-refractivity contribution is 5.98. The number of benzene rings is 1. The number of carbonyl (C=O) groups excluding carboxylic acids is 2. The number of para-hydroxylation sites is 1. The fraction of sp³-hybridized carbons (Fsp3) is 0.619. The van der Waals surface area contributed by atoms with E-state index in [2.05, 4.69) is 10.6 Å². The van der Waals surface area contributed by atoms with Crippen molar-refractivity contribution in [2.45, 2.75) is 44.8 Å². The van der Waals surface area contributed by atoms with Gasteiger partial charge >= 0.3 is 0 Å². The molecule has 3 saturated carbocycles. The van der Waals surface area contributed by atoms with Crippen LogP contribution < -0.4 is 15.4 Å². The highest BCUT2D eigenvalue weighted by Gasteiger charge is 2.57. The van der Waals surface area contributed by atoms with Crippen LogP contribution in [0.2, 0.25) is 0 Å². The van der Waals surface area contributed by atoms with Crippen molar-refractivity contribution in [1.29, 1.82) is 0 Å². The van der Waals surface area contributed by atoms with E-state index in [1.54, 1.807) is 6.07 Å². The van der Waals surface area contributed by atoms with Gasteiger partial charge in [0, 0.05) is 38.0 Å². The summed E-state index contributed by atoms with van der Waals surface area (Å²) < 4.78 is 11.7. The summed E-state index contributed by atoms with van der Waals surface area (Å²) in [6, 6.07) is 7.39. The summed E-state index contributed by atoms with van der Waals surface area (Å²) in [6.45, 7) is 4.00. The Morgan fingerprint density at radius 1 is 1.37 bits per heavy atom. The molecule has 3 aliphatic carbocycles. The molecule has 27 heavy (non-hydrogen) atoms. The molecule has 0 unspecified atom stereocenters. The van der Waals surface area contributed by atoms with Crippen molar-refractivity contribution in [2.75, 3.05) is 19.8 Å². The molecule has 1 heterocycles. The molecule has 6 nitrogen and oxygen atoms in total. The number of fused-ring (bicyclic) bond motifs is 3.